The van der Waals surface area contributed by atoms with Gasteiger partial charge in [0.1, 0.15) is 18.4 Å². The topological polar surface area (TPSA) is 76.3 Å². The van der Waals surface area contributed by atoms with Gasteiger partial charge in [0, 0.05) is 35.7 Å². The minimum atomic E-state index is -0.570. The van der Waals surface area contributed by atoms with Crippen molar-refractivity contribution < 1.29 is 14.3 Å². The molecule has 0 saturated heterocycles. The normalized spacial score (nSPS) is 10.5. The molecule has 0 aliphatic rings. The lowest BCUT2D eigenvalue weighted by molar-refractivity contribution is 0.164. The molecule has 0 saturated carbocycles. The molecule has 0 aliphatic heterocycles. The number of anilines is 1. The smallest absolute Gasteiger partial charge is 0.411 e. The zero-order chi connectivity index (χ0) is 22.4. The fraction of sp³-hybridized carbons (Fsp3) is 0.280. The Hall–Kier alpha value is -3.90. The summed E-state index contributed by atoms with van der Waals surface area (Å²) in [6, 6.07) is 15.5. The summed E-state index contributed by atoms with van der Waals surface area (Å²) in [6.07, 6.45) is 5.02. The van der Waals surface area contributed by atoms with E-state index in [1.165, 1.54) is 0 Å². The van der Waals surface area contributed by atoms with Crippen molar-refractivity contribution in [2.24, 2.45) is 0 Å². The third-order valence-corrected chi connectivity index (χ3v) is 4.70. The molecule has 0 radical (unpaired) electrons. The van der Waals surface area contributed by atoms with E-state index in [4.69, 9.17) is 15.9 Å². The van der Waals surface area contributed by atoms with Crippen LogP contribution in [0.3, 0.4) is 0 Å². The van der Waals surface area contributed by atoms with Crippen molar-refractivity contribution in [3.05, 3.63) is 48.0 Å². The van der Waals surface area contributed by atoms with E-state index in [0.29, 0.717) is 24.2 Å². The van der Waals surface area contributed by atoms with E-state index >= 15 is 0 Å². The molecule has 1 aromatic heterocycles. The van der Waals surface area contributed by atoms with Crippen molar-refractivity contribution in [3.8, 4) is 35.4 Å². The van der Waals surface area contributed by atoms with Gasteiger partial charge in [-0.15, -0.1) is 12.3 Å². The Labute approximate surface area is 182 Å². The van der Waals surface area contributed by atoms with Crippen LogP contribution in [0.1, 0.15) is 32.8 Å². The standard InChI is InChI=1S/C25H25N3O3/c1-5-7-13-30-25(29)27-19-10-8-9-18(14-19)24-22(16-26)21-12-11-20(31-17(3)4)15-23(21)28(24)6-2/h1,8-12,14-15,17H,6-7,13H2,2-4H3,(H,27,29). The predicted octanol–water partition coefficient (Wildman–Crippen LogP) is 5.56. The molecule has 158 valence electrons. The number of ether oxygens (including phenoxy) is 2. The third kappa shape index (κ3) is 4.82. The van der Waals surface area contributed by atoms with Crippen LogP contribution in [-0.2, 0) is 11.3 Å². The van der Waals surface area contributed by atoms with Crippen LogP contribution in [0.25, 0.3) is 22.2 Å². The summed E-state index contributed by atoms with van der Waals surface area (Å²) in [4.78, 5) is 12.0. The summed E-state index contributed by atoms with van der Waals surface area (Å²) in [7, 11) is 0. The quantitative estimate of drug-likeness (QED) is 0.405. The summed E-state index contributed by atoms with van der Waals surface area (Å²) in [5, 5.41) is 13.5. The van der Waals surface area contributed by atoms with Crippen molar-refractivity contribution in [1.82, 2.24) is 4.57 Å². The highest BCUT2D eigenvalue weighted by Crippen LogP contribution is 2.36. The average Bonchev–Trinajstić information content (AvgIpc) is 3.06. The van der Waals surface area contributed by atoms with Gasteiger partial charge >= 0.3 is 6.09 Å². The number of nitrogens with one attached hydrogen (secondary N) is 1. The van der Waals surface area contributed by atoms with Crippen molar-refractivity contribution in [2.75, 3.05) is 11.9 Å². The molecule has 0 aliphatic carbocycles. The number of nitrogens with zero attached hydrogens (tertiary/aromatic N) is 2. The summed E-state index contributed by atoms with van der Waals surface area (Å²) in [6.45, 7) is 6.82. The van der Waals surface area contributed by atoms with Crippen LogP contribution in [0.5, 0.6) is 5.75 Å². The number of fused-ring (bicyclic) bond motifs is 1. The Bertz CT molecular complexity index is 1180. The molecule has 31 heavy (non-hydrogen) atoms. The average molecular weight is 415 g/mol. The fourth-order valence-electron chi connectivity index (χ4n) is 3.52. The lowest BCUT2D eigenvalue weighted by Crippen LogP contribution is -2.14. The second kappa shape index (κ2) is 9.73. The number of rotatable bonds is 7. The van der Waals surface area contributed by atoms with Crippen LogP contribution in [-0.4, -0.2) is 23.4 Å². The monoisotopic (exact) mass is 415 g/mol. The van der Waals surface area contributed by atoms with Crippen LogP contribution in [0.4, 0.5) is 10.5 Å². The maximum atomic E-state index is 12.0. The van der Waals surface area contributed by atoms with Crippen LogP contribution < -0.4 is 10.1 Å². The first-order valence-corrected chi connectivity index (χ1v) is 10.2. The lowest BCUT2D eigenvalue weighted by Gasteiger charge is -2.12. The second-order valence-corrected chi connectivity index (χ2v) is 7.22. The molecule has 3 rings (SSSR count). The number of carbonyl (C=O) groups is 1. The Morgan fingerprint density at radius 3 is 2.74 bits per heavy atom. The molecule has 1 N–H and O–H groups in total. The van der Waals surface area contributed by atoms with Gasteiger partial charge in [0.25, 0.3) is 0 Å². The molecule has 6 heteroatoms. The van der Waals surface area contributed by atoms with E-state index in [2.05, 4.69) is 21.9 Å². The van der Waals surface area contributed by atoms with Crippen molar-refractivity contribution in [1.29, 1.82) is 5.26 Å². The number of hydrogen-bond donors (Lipinski definition) is 1. The van der Waals surface area contributed by atoms with Gasteiger partial charge in [0.05, 0.1) is 22.9 Å². The van der Waals surface area contributed by atoms with Crippen molar-refractivity contribution in [3.63, 3.8) is 0 Å². The Morgan fingerprint density at radius 2 is 2.06 bits per heavy atom. The molecule has 0 unspecified atom stereocenters. The van der Waals surface area contributed by atoms with E-state index in [1.54, 1.807) is 6.07 Å². The number of benzene rings is 2. The first kappa shape index (κ1) is 21.8. The van der Waals surface area contributed by atoms with Gasteiger partial charge in [-0.05, 0) is 45.0 Å². The molecular formula is C25H25N3O3. The Kier molecular flexibility index (Phi) is 6.85. The Balaban J connectivity index is 2.03. The van der Waals surface area contributed by atoms with Crippen molar-refractivity contribution in [2.45, 2.75) is 39.8 Å². The van der Waals surface area contributed by atoms with Gasteiger partial charge in [-0.2, -0.15) is 5.26 Å². The van der Waals surface area contributed by atoms with Gasteiger partial charge in [-0.25, -0.2) is 4.79 Å². The third-order valence-electron chi connectivity index (χ3n) is 4.70. The molecule has 3 aromatic rings. The van der Waals surface area contributed by atoms with E-state index in [0.717, 1.165) is 27.9 Å². The number of nitriles is 1. The highest BCUT2D eigenvalue weighted by molar-refractivity contribution is 5.96. The number of aryl methyl sites for hydroxylation is 1. The largest absolute Gasteiger partial charge is 0.491 e. The molecule has 2 aromatic carbocycles. The summed E-state index contributed by atoms with van der Waals surface area (Å²) in [5.41, 5.74) is 3.71. The molecule has 0 fully saturated rings. The summed E-state index contributed by atoms with van der Waals surface area (Å²) in [5.74, 6) is 3.18. The van der Waals surface area contributed by atoms with Crippen LogP contribution in [0.15, 0.2) is 42.5 Å². The molecule has 1 amide bonds. The number of hydrogen-bond acceptors (Lipinski definition) is 4. The Morgan fingerprint density at radius 1 is 1.26 bits per heavy atom. The van der Waals surface area contributed by atoms with Crippen LogP contribution in [0.2, 0.25) is 0 Å². The van der Waals surface area contributed by atoms with Crippen molar-refractivity contribution >= 4 is 22.7 Å². The van der Waals surface area contributed by atoms with E-state index < -0.39 is 6.09 Å². The van der Waals surface area contributed by atoms with Gasteiger partial charge in [0.2, 0.25) is 0 Å². The molecule has 0 bridgehead atoms. The SMILES string of the molecule is C#CCCOC(=O)Nc1cccc(-c2c(C#N)c3ccc(OC(C)C)cc3n2CC)c1. The van der Waals surface area contributed by atoms with Crippen LogP contribution in [0, 0.1) is 23.7 Å². The van der Waals surface area contributed by atoms with E-state index in [9.17, 15) is 10.1 Å². The first-order chi connectivity index (χ1) is 15.0. The number of terminal acetylenes is 1. The first-order valence-electron chi connectivity index (χ1n) is 10.2. The summed E-state index contributed by atoms with van der Waals surface area (Å²) < 4.78 is 13.0. The lowest BCUT2D eigenvalue weighted by atomic mass is 10.1. The maximum Gasteiger partial charge on any atom is 0.411 e. The highest BCUT2D eigenvalue weighted by atomic mass is 16.5. The molecule has 6 nitrogen and oxygen atoms in total. The minimum absolute atomic E-state index is 0.0561. The number of amides is 1. The molecular weight excluding hydrogens is 390 g/mol. The molecule has 1 heterocycles. The zero-order valence-corrected chi connectivity index (χ0v) is 17.9. The van der Waals surface area contributed by atoms with Crippen LogP contribution >= 0.6 is 0 Å². The number of aromatic nitrogens is 1. The summed E-state index contributed by atoms with van der Waals surface area (Å²) >= 11 is 0. The molecule has 0 spiro atoms. The van der Waals surface area contributed by atoms with Gasteiger partial charge in [0.15, 0.2) is 0 Å². The van der Waals surface area contributed by atoms with Gasteiger partial charge in [-0.1, -0.05) is 12.1 Å². The zero-order valence-electron chi connectivity index (χ0n) is 17.9. The van der Waals surface area contributed by atoms with Gasteiger partial charge < -0.3 is 14.0 Å². The second-order valence-electron chi connectivity index (χ2n) is 7.22. The minimum Gasteiger partial charge on any atom is -0.491 e. The fourth-order valence-corrected chi connectivity index (χ4v) is 3.52. The maximum absolute atomic E-state index is 12.0. The van der Waals surface area contributed by atoms with Gasteiger partial charge in [-0.3, -0.25) is 5.32 Å². The molecule has 0 atom stereocenters. The van der Waals surface area contributed by atoms with E-state index in [-0.39, 0.29) is 12.7 Å². The predicted molar refractivity (Wildman–Crippen MR) is 122 cm³/mol. The highest BCUT2D eigenvalue weighted by Gasteiger charge is 2.19. The van der Waals surface area contributed by atoms with E-state index in [1.807, 2.05) is 57.2 Å². The number of carbonyl (C=O) groups excluding carboxylic acids is 1.